The fourth-order valence-electron chi connectivity index (χ4n) is 7.32. The van der Waals surface area contributed by atoms with Crippen LogP contribution in [0.5, 0.6) is 0 Å². The largest absolute Gasteiger partial charge is 0.435 e. The summed E-state index contributed by atoms with van der Waals surface area (Å²) in [4.78, 5) is 6.88. The number of rotatable bonds is 4. The highest BCUT2D eigenvalue weighted by Crippen LogP contribution is 2.51. The van der Waals surface area contributed by atoms with Gasteiger partial charge in [0, 0.05) is 28.3 Å². The van der Waals surface area contributed by atoms with E-state index < -0.39 is 0 Å². The minimum atomic E-state index is 0.646. The van der Waals surface area contributed by atoms with E-state index in [2.05, 4.69) is 155 Å². The lowest BCUT2D eigenvalue weighted by Gasteiger charge is -2.26. The number of aromatic nitrogens is 1. The van der Waals surface area contributed by atoms with Crippen LogP contribution in [0.25, 0.3) is 77.0 Å². The summed E-state index contributed by atoms with van der Waals surface area (Å²) in [7, 11) is 0. The van der Waals surface area contributed by atoms with Crippen LogP contribution in [0.4, 0.5) is 17.1 Å². The van der Waals surface area contributed by atoms with Crippen molar-refractivity contribution in [1.29, 1.82) is 0 Å². The summed E-state index contributed by atoms with van der Waals surface area (Å²) in [5.41, 5.74) is 12.1. The number of fused-ring (bicyclic) bond motifs is 7. The van der Waals surface area contributed by atoms with Crippen molar-refractivity contribution in [2.24, 2.45) is 0 Å². The van der Waals surface area contributed by atoms with Crippen molar-refractivity contribution >= 4 is 60.7 Å². The molecule has 1 aliphatic rings. The third-order valence-corrected chi connectivity index (χ3v) is 9.43. The van der Waals surface area contributed by atoms with Gasteiger partial charge in [-0.1, -0.05) is 103 Å². The van der Waals surface area contributed by atoms with E-state index in [0.29, 0.717) is 5.71 Å². The molecule has 0 radical (unpaired) electrons. The smallest absolute Gasteiger partial charge is 0.227 e. The molecule has 0 aliphatic heterocycles. The van der Waals surface area contributed by atoms with Gasteiger partial charge in [0.2, 0.25) is 5.71 Å². The van der Waals surface area contributed by atoms with Crippen molar-refractivity contribution in [3.05, 3.63) is 158 Å². The Balaban J connectivity index is 1.20. The molecule has 2 aromatic heterocycles. The number of anilines is 3. The highest BCUT2D eigenvalue weighted by atomic mass is 16.3. The maximum atomic E-state index is 6.50. The summed E-state index contributed by atoms with van der Waals surface area (Å²) in [5, 5.41) is 7.09. The van der Waals surface area contributed by atoms with Crippen LogP contribution in [0, 0.1) is 0 Å². The molecular weight excluding hydrogens is 560 g/mol. The molecule has 1 aliphatic carbocycles. The highest BCUT2D eigenvalue weighted by molar-refractivity contribution is 6.17. The molecule has 0 N–H and O–H groups in total. The Morgan fingerprint density at radius 2 is 1.17 bits per heavy atom. The summed E-state index contributed by atoms with van der Waals surface area (Å²) < 4.78 is 6.50. The molecule has 0 fully saturated rings. The molecule has 10 rings (SSSR count). The van der Waals surface area contributed by atoms with Crippen LogP contribution < -0.4 is 4.90 Å². The molecule has 0 atom stereocenters. The molecule has 3 nitrogen and oxygen atoms in total. The van der Waals surface area contributed by atoms with Crippen LogP contribution in [0.1, 0.15) is 0 Å². The lowest BCUT2D eigenvalue weighted by atomic mass is 9.99. The Kier molecular flexibility index (Phi) is 5.28. The van der Waals surface area contributed by atoms with E-state index in [1.807, 2.05) is 6.07 Å². The van der Waals surface area contributed by atoms with E-state index in [0.717, 1.165) is 33.4 Å². The van der Waals surface area contributed by atoms with Gasteiger partial charge >= 0.3 is 0 Å². The van der Waals surface area contributed by atoms with Crippen molar-refractivity contribution in [2.45, 2.75) is 0 Å². The number of nitrogens with zero attached hydrogens (tertiary/aromatic N) is 2. The normalized spacial score (nSPS) is 11.9. The van der Waals surface area contributed by atoms with E-state index >= 15 is 0 Å². The molecule has 46 heavy (non-hydrogen) atoms. The third-order valence-electron chi connectivity index (χ3n) is 9.43. The molecule has 9 aromatic rings. The van der Waals surface area contributed by atoms with E-state index in [-0.39, 0.29) is 0 Å². The van der Waals surface area contributed by atoms with Gasteiger partial charge in [0.05, 0.1) is 5.69 Å². The quantitative estimate of drug-likeness (QED) is 0.205. The monoisotopic (exact) mass is 586 g/mol. The number of hydrogen-bond donors (Lipinski definition) is 0. The van der Waals surface area contributed by atoms with Crippen LogP contribution >= 0.6 is 0 Å². The first-order valence-corrected chi connectivity index (χ1v) is 15.6. The van der Waals surface area contributed by atoms with Crippen molar-refractivity contribution < 1.29 is 4.42 Å². The molecule has 0 saturated heterocycles. The van der Waals surface area contributed by atoms with Gasteiger partial charge in [0.1, 0.15) is 0 Å². The zero-order valence-electron chi connectivity index (χ0n) is 24.8. The topological polar surface area (TPSA) is 29.3 Å². The molecule has 0 saturated carbocycles. The fourth-order valence-corrected chi connectivity index (χ4v) is 7.32. The predicted molar refractivity (Wildman–Crippen MR) is 191 cm³/mol. The maximum Gasteiger partial charge on any atom is 0.227 e. The second-order valence-corrected chi connectivity index (χ2v) is 12.0. The standard InChI is InChI=1S/C43H26N2O/c1-2-9-29-24-30(18-17-27(29)8-1)28-19-21-32(22-20-28)45(40-16-6-14-37-38-15-7-23-44-43(38)46-42(37)40)33-25-31-10-5-13-36-34-11-3-4-12-35(34)39(26-33)41(31)36/h1-26H. The Labute approximate surface area is 265 Å². The van der Waals surface area contributed by atoms with Gasteiger partial charge in [-0.3, -0.25) is 0 Å². The second kappa shape index (κ2) is 9.65. The number of pyridine rings is 1. The first-order valence-electron chi connectivity index (χ1n) is 15.6. The summed E-state index contributed by atoms with van der Waals surface area (Å²) in [6.07, 6.45) is 1.79. The Hall–Kier alpha value is -6.19. The third kappa shape index (κ3) is 3.69. The SMILES string of the molecule is c1ccc2c(c1)-c1cccc3cc(N(c4ccc(-c5ccc6ccccc6c5)cc4)c4cccc5c4oc4ncccc45)cc-2c13. The molecular formula is C43H26N2O. The van der Waals surface area contributed by atoms with Gasteiger partial charge in [-0.25, -0.2) is 4.98 Å². The average molecular weight is 587 g/mol. The van der Waals surface area contributed by atoms with Crippen molar-refractivity contribution in [3.8, 4) is 33.4 Å². The lowest BCUT2D eigenvalue weighted by Crippen LogP contribution is -2.10. The zero-order valence-corrected chi connectivity index (χ0v) is 24.8. The van der Waals surface area contributed by atoms with Crippen molar-refractivity contribution in [3.63, 3.8) is 0 Å². The molecule has 0 unspecified atom stereocenters. The lowest BCUT2D eigenvalue weighted by molar-refractivity contribution is 0.654. The van der Waals surface area contributed by atoms with Gasteiger partial charge in [0.25, 0.3) is 0 Å². The number of benzene rings is 7. The summed E-state index contributed by atoms with van der Waals surface area (Å²) in [5.74, 6) is 0. The second-order valence-electron chi connectivity index (χ2n) is 12.0. The maximum absolute atomic E-state index is 6.50. The van der Waals surface area contributed by atoms with Gasteiger partial charge < -0.3 is 9.32 Å². The Morgan fingerprint density at radius 3 is 2.07 bits per heavy atom. The minimum absolute atomic E-state index is 0.646. The first-order chi connectivity index (χ1) is 22.8. The number of para-hydroxylation sites is 1. The van der Waals surface area contributed by atoms with E-state index in [1.54, 1.807) is 6.20 Å². The van der Waals surface area contributed by atoms with Gasteiger partial charge in [-0.15, -0.1) is 0 Å². The molecule has 2 heterocycles. The van der Waals surface area contributed by atoms with Gasteiger partial charge in [-0.2, -0.15) is 0 Å². The molecule has 3 heteroatoms. The summed E-state index contributed by atoms with van der Waals surface area (Å²) in [6, 6.07) is 54.5. The van der Waals surface area contributed by atoms with E-state index in [4.69, 9.17) is 4.42 Å². The van der Waals surface area contributed by atoms with Gasteiger partial charge in [-0.05, 0) is 103 Å². The van der Waals surface area contributed by atoms with Crippen LogP contribution in [-0.4, -0.2) is 4.98 Å². The number of furan rings is 1. The molecule has 0 amide bonds. The van der Waals surface area contributed by atoms with Crippen molar-refractivity contribution in [2.75, 3.05) is 4.90 Å². The zero-order chi connectivity index (χ0) is 30.2. The molecule has 0 spiro atoms. The van der Waals surface area contributed by atoms with E-state index in [1.165, 1.54) is 54.9 Å². The van der Waals surface area contributed by atoms with Crippen LogP contribution in [-0.2, 0) is 0 Å². The van der Waals surface area contributed by atoms with Crippen LogP contribution in [0.15, 0.2) is 162 Å². The highest BCUT2D eigenvalue weighted by Gasteiger charge is 2.25. The van der Waals surface area contributed by atoms with Crippen molar-refractivity contribution in [1.82, 2.24) is 4.98 Å². The molecule has 214 valence electrons. The van der Waals surface area contributed by atoms with Gasteiger partial charge in [0.15, 0.2) is 5.58 Å². The minimum Gasteiger partial charge on any atom is -0.435 e. The molecule has 0 bridgehead atoms. The van der Waals surface area contributed by atoms with Crippen LogP contribution in [0.2, 0.25) is 0 Å². The average Bonchev–Trinajstić information content (AvgIpc) is 3.66. The van der Waals surface area contributed by atoms with Crippen LogP contribution in [0.3, 0.4) is 0 Å². The summed E-state index contributed by atoms with van der Waals surface area (Å²) >= 11 is 0. The Bertz CT molecular complexity index is 2650. The fraction of sp³-hybridized carbons (Fsp3) is 0. The summed E-state index contributed by atoms with van der Waals surface area (Å²) in [6.45, 7) is 0. The van der Waals surface area contributed by atoms with E-state index in [9.17, 15) is 0 Å². The Morgan fingerprint density at radius 1 is 0.457 bits per heavy atom. The number of hydrogen-bond acceptors (Lipinski definition) is 3. The predicted octanol–water partition coefficient (Wildman–Crippen LogP) is 12.1. The molecule has 7 aromatic carbocycles. The first kappa shape index (κ1) is 25.2.